The highest BCUT2D eigenvalue weighted by molar-refractivity contribution is 5.56. The van der Waals surface area contributed by atoms with Crippen LogP contribution in [0, 0.1) is 5.92 Å². The van der Waals surface area contributed by atoms with Gasteiger partial charge in [0, 0.05) is 25.1 Å². The van der Waals surface area contributed by atoms with Crippen LogP contribution in [0.25, 0.3) is 0 Å². The summed E-state index contributed by atoms with van der Waals surface area (Å²) in [4.78, 5) is 11.3. The van der Waals surface area contributed by atoms with E-state index in [-0.39, 0.29) is 5.41 Å². The van der Waals surface area contributed by atoms with E-state index < -0.39 is 0 Å². The van der Waals surface area contributed by atoms with E-state index >= 15 is 0 Å². The Hall–Kier alpha value is -1.32. The molecule has 0 amide bonds. The first-order valence-electron chi connectivity index (χ1n) is 8.36. The standard InChI is InChI=1S/C17H28N4/c1-17(12-8-5-4-6-9-12)11-7-10-13-14(17)15(21(2)3)20-16(18)19-13/h12H,4-11H2,1-3H3,(H2,18,19,20). The summed E-state index contributed by atoms with van der Waals surface area (Å²) in [6.07, 6.45) is 10.4. The van der Waals surface area contributed by atoms with Crippen LogP contribution in [0.3, 0.4) is 0 Å². The maximum Gasteiger partial charge on any atom is 0.222 e. The second-order valence-electron chi connectivity index (χ2n) is 7.23. The van der Waals surface area contributed by atoms with Crippen molar-refractivity contribution in [3.05, 3.63) is 11.3 Å². The lowest BCUT2D eigenvalue weighted by atomic mass is 9.61. The smallest absolute Gasteiger partial charge is 0.222 e. The fourth-order valence-corrected chi connectivity index (χ4v) is 4.50. The van der Waals surface area contributed by atoms with E-state index in [9.17, 15) is 0 Å². The number of hydrogen-bond acceptors (Lipinski definition) is 4. The molecule has 2 aliphatic carbocycles. The summed E-state index contributed by atoms with van der Waals surface area (Å²) < 4.78 is 0. The van der Waals surface area contributed by atoms with Crippen LogP contribution in [0.2, 0.25) is 0 Å². The monoisotopic (exact) mass is 288 g/mol. The maximum absolute atomic E-state index is 5.94. The fourth-order valence-electron chi connectivity index (χ4n) is 4.50. The molecule has 1 unspecified atom stereocenters. The Morgan fingerprint density at radius 1 is 1.10 bits per heavy atom. The molecule has 0 radical (unpaired) electrons. The van der Waals surface area contributed by atoms with Gasteiger partial charge in [-0.25, -0.2) is 4.98 Å². The molecule has 1 atom stereocenters. The topological polar surface area (TPSA) is 55.0 Å². The Balaban J connectivity index is 2.11. The van der Waals surface area contributed by atoms with Gasteiger partial charge in [0.15, 0.2) is 0 Å². The van der Waals surface area contributed by atoms with Gasteiger partial charge in [0.2, 0.25) is 5.95 Å². The first-order chi connectivity index (χ1) is 10.0. The summed E-state index contributed by atoms with van der Waals surface area (Å²) in [5.74, 6) is 2.24. The van der Waals surface area contributed by atoms with Gasteiger partial charge >= 0.3 is 0 Å². The third kappa shape index (κ3) is 2.49. The van der Waals surface area contributed by atoms with Crippen LogP contribution in [0.15, 0.2) is 0 Å². The molecular formula is C17H28N4. The van der Waals surface area contributed by atoms with Crippen molar-refractivity contribution in [2.75, 3.05) is 24.7 Å². The molecule has 1 saturated carbocycles. The lowest BCUT2D eigenvalue weighted by molar-refractivity contribution is 0.193. The Bertz CT molecular complexity index is 520. The van der Waals surface area contributed by atoms with Crippen LogP contribution in [0.1, 0.15) is 63.1 Å². The summed E-state index contributed by atoms with van der Waals surface area (Å²) in [7, 11) is 4.13. The molecular weight excluding hydrogens is 260 g/mol. The predicted octanol–water partition coefficient (Wildman–Crippen LogP) is 3.30. The summed E-state index contributed by atoms with van der Waals surface area (Å²) in [6.45, 7) is 2.45. The third-order valence-electron chi connectivity index (χ3n) is 5.59. The summed E-state index contributed by atoms with van der Waals surface area (Å²) in [5.41, 5.74) is 8.75. The predicted molar refractivity (Wildman–Crippen MR) is 87.6 cm³/mol. The van der Waals surface area contributed by atoms with Crippen LogP contribution in [0.5, 0.6) is 0 Å². The molecule has 4 heteroatoms. The minimum Gasteiger partial charge on any atom is -0.368 e. The lowest BCUT2D eigenvalue weighted by Gasteiger charge is -2.45. The van der Waals surface area contributed by atoms with Gasteiger partial charge in [0.05, 0.1) is 5.69 Å². The summed E-state index contributed by atoms with van der Waals surface area (Å²) in [5, 5.41) is 0. The number of fused-ring (bicyclic) bond motifs is 1. The van der Waals surface area contributed by atoms with E-state index in [1.165, 1.54) is 56.2 Å². The quantitative estimate of drug-likeness (QED) is 0.907. The van der Waals surface area contributed by atoms with Crippen molar-refractivity contribution in [1.82, 2.24) is 9.97 Å². The van der Waals surface area contributed by atoms with Crippen molar-refractivity contribution in [1.29, 1.82) is 0 Å². The van der Waals surface area contributed by atoms with Crippen molar-refractivity contribution in [2.45, 2.75) is 63.7 Å². The van der Waals surface area contributed by atoms with Crippen LogP contribution in [-0.4, -0.2) is 24.1 Å². The molecule has 3 rings (SSSR count). The number of anilines is 2. The van der Waals surface area contributed by atoms with Crippen LogP contribution < -0.4 is 10.6 Å². The minimum absolute atomic E-state index is 0.224. The van der Waals surface area contributed by atoms with E-state index in [1.807, 2.05) is 0 Å². The Kier molecular flexibility index (Phi) is 3.80. The molecule has 1 aromatic rings. The molecule has 2 aliphatic rings. The number of rotatable bonds is 2. The second-order valence-corrected chi connectivity index (χ2v) is 7.23. The SMILES string of the molecule is CN(C)c1nc(N)nc2c1C(C)(C1CCCCC1)CCC2. The third-order valence-corrected chi connectivity index (χ3v) is 5.59. The first kappa shape index (κ1) is 14.6. The van der Waals surface area contributed by atoms with Gasteiger partial charge in [-0.3, -0.25) is 0 Å². The summed E-state index contributed by atoms with van der Waals surface area (Å²) >= 11 is 0. The Morgan fingerprint density at radius 3 is 2.48 bits per heavy atom. The van der Waals surface area contributed by atoms with E-state index in [1.54, 1.807) is 0 Å². The zero-order valence-electron chi connectivity index (χ0n) is 13.7. The van der Waals surface area contributed by atoms with Crippen molar-refractivity contribution in [3.63, 3.8) is 0 Å². The number of hydrogen-bond donors (Lipinski definition) is 1. The van der Waals surface area contributed by atoms with Gasteiger partial charge in [0.25, 0.3) is 0 Å². The van der Waals surface area contributed by atoms with E-state index in [0.29, 0.717) is 5.95 Å². The second kappa shape index (κ2) is 5.47. The number of aromatic nitrogens is 2. The molecule has 1 aromatic heterocycles. The van der Waals surface area contributed by atoms with Gasteiger partial charge in [-0.15, -0.1) is 0 Å². The number of nitrogens with two attached hydrogens (primary N) is 1. The molecule has 1 fully saturated rings. The largest absolute Gasteiger partial charge is 0.368 e. The van der Waals surface area contributed by atoms with Gasteiger partial charge in [-0.2, -0.15) is 4.98 Å². The van der Waals surface area contributed by atoms with E-state index in [0.717, 1.165) is 18.2 Å². The van der Waals surface area contributed by atoms with Crippen molar-refractivity contribution in [3.8, 4) is 0 Å². The molecule has 4 nitrogen and oxygen atoms in total. The number of aryl methyl sites for hydroxylation is 1. The molecule has 21 heavy (non-hydrogen) atoms. The van der Waals surface area contributed by atoms with Crippen LogP contribution in [0.4, 0.5) is 11.8 Å². The van der Waals surface area contributed by atoms with Crippen LogP contribution >= 0.6 is 0 Å². The number of nitrogen functional groups attached to an aromatic ring is 1. The molecule has 1 heterocycles. The van der Waals surface area contributed by atoms with E-state index in [4.69, 9.17) is 5.73 Å². The van der Waals surface area contributed by atoms with Gasteiger partial charge in [0.1, 0.15) is 5.82 Å². The number of nitrogens with zero attached hydrogens (tertiary/aromatic N) is 3. The van der Waals surface area contributed by atoms with Gasteiger partial charge in [-0.1, -0.05) is 26.2 Å². The van der Waals surface area contributed by atoms with Crippen molar-refractivity contribution >= 4 is 11.8 Å². The zero-order valence-corrected chi connectivity index (χ0v) is 13.7. The molecule has 0 aromatic carbocycles. The van der Waals surface area contributed by atoms with Crippen LogP contribution in [-0.2, 0) is 11.8 Å². The molecule has 0 aliphatic heterocycles. The van der Waals surface area contributed by atoms with E-state index in [2.05, 4.69) is 35.9 Å². The molecule has 0 spiro atoms. The Labute approximate surface area is 128 Å². The lowest BCUT2D eigenvalue weighted by Crippen LogP contribution is -2.39. The highest BCUT2D eigenvalue weighted by Gasteiger charge is 2.42. The average Bonchev–Trinajstić information content (AvgIpc) is 2.47. The van der Waals surface area contributed by atoms with Gasteiger partial charge in [-0.05, 0) is 38.0 Å². The van der Waals surface area contributed by atoms with Crippen molar-refractivity contribution in [2.24, 2.45) is 5.92 Å². The Morgan fingerprint density at radius 2 is 1.81 bits per heavy atom. The molecule has 116 valence electrons. The fraction of sp³-hybridized carbons (Fsp3) is 0.765. The maximum atomic E-state index is 5.94. The minimum atomic E-state index is 0.224. The highest BCUT2D eigenvalue weighted by atomic mass is 15.2. The average molecular weight is 288 g/mol. The van der Waals surface area contributed by atoms with Gasteiger partial charge < -0.3 is 10.6 Å². The zero-order chi connectivity index (χ0) is 15.0. The normalized spacial score (nSPS) is 26.4. The van der Waals surface area contributed by atoms with Crippen molar-refractivity contribution < 1.29 is 0 Å². The first-order valence-corrected chi connectivity index (χ1v) is 8.36. The summed E-state index contributed by atoms with van der Waals surface area (Å²) in [6, 6.07) is 0. The highest BCUT2D eigenvalue weighted by Crippen LogP contribution is 2.50. The molecule has 0 saturated heterocycles. The molecule has 0 bridgehead atoms. The molecule has 2 N–H and O–H groups in total.